The molecule has 0 radical (unpaired) electrons. The summed E-state index contributed by atoms with van der Waals surface area (Å²) in [5.41, 5.74) is 0.0249. The zero-order valence-corrected chi connectivity index (χ0v) is 16.8. The first kappa shape index (κ1) is 19.7. The number of carbonyl (C=O) groups excluding carboxylic acids is 2. The molecule has 0 saturated carbocycles. The summed E-state index contributed by atoms with van der Waals surface area (Å²) in [4.78, 5) is 27.1. The van der Waals surface area contributed by atoms with Gasteiger partial charge < -0.3 is 10.2 Å². The second kappa shape index (κ2) is 7.90. The number of aryl methyl sites for hydroxylation is 2. The molecule has 3 rings (SSSR count). The highest BCUT2D eigenvalue weighted by atomic mass is 35.5. The minimum Gasteiger partial charge on any atom is -0.328 e. The minimum atomic E-state index is -0.844. The third-order valence-electron chi connectivity index (χ3n) is 5.09. The predicted molar refractivity (Wildman–Crippen MR) is 106 cm³/mol. The maximum absolute atomic E-state index is 12.8. The van der Waals surface area contributed by atoms with Crippen LogP contribution < -0.4 is 5.32 Å². The van der Waals surface area contributed by atoms with Gasteiger partial charge in [-0.2, -0.15) is 5.10 Å². The number of nitrogens with one attached hydrogen (secondary N) is 1. The molecule has 1 aromatic carbocycles. The molecule has 144 valence electrons. The molecule has 0 bridgehead atoms. The molecular weight excluding hydrogens is 387 g/mol. The van der Waals surface area contributed by atoms with Gasteiger partial charge in [0.2, 0.25) is 5.91 Å². The Morgan fingerprint density at radius 1 is 1.30 bits per heavy atom. The van der Waals surface area contributed by atoms with Crippen LogP contribution in [0.2, 0.25) is 10.0 Å². The molecule has 2 aromatic rings. The summed E-state index contributed by atoms with van der Waals surface area (Å²) in [6.45, 7) is 4.98. The van der Waals surface area contributed by atoms with Crippen LogP contribution in [0.25, 0.3) is 0 Å². The largest absolute Gasteiger partial charge is 0.328 e. The molecule has 0 spiro atoms. The van der Waals surface area contributed by atoms with Crippen molar-refractivity contribution in [3.63, 3.8) is 0 Å². The van der Waals surface area contributed by atoms with Crippen LogP contribution in [0.15, 0.2) is 30.5 Å². The summed E-state index contributed by atoms with van der Waals surface area (Å²) >= 11 is 12.1. The first-order valence-corrected chi connectivity index (χ1v) is 9.68. The number of benzene rings is 1. The molecule has 1 saturated heterocycles. The smallest absolute Gasteiger partial charge is 0.251 e. The van der Waals surface area contributed by atoms with Crippen LogP contribution in [0, 0.1) is 0 Å². The third kappa shape index (κ3) is 3.96. The minimum absolute atomic E-state index is 0.0612. The number of anilines is 1. The van der Waals surface area contributed by atoms with E-state index in [1.54, 1.807) is 40.9 Å². The Morgan fingerprint density at radius 2 is 2.07 bits per heavy atom. The molecule has 1 aromatic heterocycles. The van der Waals surface area contributed by atoms with Gasteiger partial charge in [-0.05, 0) is 44.4 Å². The van der Waals surface area contributed by atoms with E-state index in [0.717, 1.165) is 5.56 Å². The Bertz CT molecular complexity index is 867. The SMILES string of the molecule is CCn1nccc1NC(=O)C1(C)CCN1C(=O)CCc1ccc(Cl)cc1Cl. The lowest BCUT2D eigenvalue weighted by Crippen LogP contribution is -2.66. The summed E-state index contributed by atoms with van der Waals surface area (Å²) < 4.78 is 1.70. The monoisotopic (exact) mass is 408 g/mol. The van der Waals surface area contributed by atoms with E-state index >= 15 is 0 Å². The van der Waals surface area contributed by atoms with Gasteiger partial charge in [-0.25, -0.2) is 4.68 Å². The van der Waals surface area contributed by atoms with Gasteiger partial charge in [-0.3, -0.25) is 9.59 Å². The maximum atomic E-state index is 12.8. The molecule has 2 heterocycles. The number of aromatic nitrogens is 2. The normalized spacial score (nSPS) is 18.9. The van der Waals surface area contributed by atoms with Crippen LogP contribution in [-0.4, -0.2) is 38.6 Å². The number of likely N-dealkylation sites (tertiary alicyclic amines) is 1. The van der Waals surface area contributed by atoms with Crippen molar-refractivity contribution in [3.05, 3.63) is 46.1 Å². The van der Waals surface area contributed by atoms with Gasteiger partial charge in [-0.15, -0.1) is 0 Å². The lowest BCUT2D eigenvalue weighted by atomic mass is 9.85. The van der Waals surface area contributed by atoms with E-state index in [1.165, 1.54) is 0 Å². The van der Waals surface area contributed by atoms with Crippen molar-refractivity contribution in [2.45, 2.75) is 45.2 Å². The van der Waals surface area contributed by atoms with Crippen LogP contribution in [0.4, 0.5) is 5.82 Å². The Labute approximate surface area is 168 Å². The maximum Gasteiger partial charge on any atom is 0.251 e. The van der Waals surface area contributed by atoms with Crippen molar-refractivity contribution in [3.8, 4) is 0 Å². The highest BCUT2D eigenvalue weighted by molar-refractivity contribution is 6.35. The first-order valence-electron chi connectivity index (χ1n) is 8.93. The Balaban J connectivity index is 1.62. The van der Waals surface area contributed by atoms with Crippen LogP contribution in [-0.2, 0) is 22.6 Å². The fraction of sp³-hybridized carbons (Fsp3) is 0.421. The quantitative estimate of drug-likeness (QED) is 0.790. The van der Waals surface area contributed by atoms with E-state index in [-0.39, 0.29) is 18.2 Å². The molecule has 8 heteroatoms. The van der Waals surface area contributed by atoms with E-state index < -0.39 is 5.54 Å². The molecule has 2 amide bonds. The summed E-state index contributed by atoms with van der Waals surface area (Å²) in [6, 6.07) is 7.00. The summed E-state index contributed by atoms with van der Waals surface area (Å²) in [5, 5.41) is 8.15. The van der Waals surface area contributed by atoms with Crippen molar-refractivity contribution in [2.24, 2.45) is 0 Å². The van der Waals surface area contributed by atoms with Crippen molar-refractivity contribution < 1.29 is 9.59 Å². The van der Waals surface area contributed by atoms with E-state index in [4.69, 9.17) is 23.2 Å². The zero-order valence-electron chi connectivity index (χ0n) is 15.3. The second-order valence-corrected chi connectivity index (χ2v) is 7.63. The second-order valence-electron chi connectivity index (χ2n) is 6.79. The van der Waals surface area contributed by atoms with E-state index in [9.17, 15) is 9.59 Å². The molecular formula is C19H22Cl2N4O2. The van der Waals surface area contributed by atoms with Crippen LogP contribution >= 0.6 is 23.2 Å². The Morgan fingerprint density at radius 3 is 2.70 bits per heavy atom. The fourth-order valence-corrected chi connectivity index (χ4v) is 3.74. The van der Waals surface area contributed by atoms with Crippen LogP contribution in [0.3, 0.4) is 0 Å². The highest BCUT2D eigenvalue weighted by Gasteiger charge is 2.49. The Hall–Kier alpha value is -2.05. The number of carbonyl (C=O) groups is 2. The van der Waals surface area contributed by atoms with Crippen LogP contribution in [0.5, 0.6) is 0 Å². The topological polar surface area (TPSA) is 67.2 Å². The van der Waals surface area contributed by atoms with Gasteiger partial charge in [0, 0.05) is 35.6 Å². The number of amides is 2. The van der Waals surface area contributed by atoms with Gasteiger partial charge in [0.25, 0.3) is 5.91 Å². The van der Waals surface area contributed by atoms with Crippen molar-refractivity contribution in [1.82, 2.24) is 14.7 Å². The van der Waals surface area contributed by atoms with Crippen molar-refractivity contribution in [2.75, 3.05) is 11.9 Å². The standard InChI is InChI=1S/C19H22Cl2N4O2/c1-3-25-16(8-10-22-25)23-18(27)19(2)9-11-24(19)17(26)7-5-13-4-6-14(20)12-15(13)21/h4,6,8,10,12H,3,5,7,9,11H2,1-2H3,(H,23,27). The van der Waals surface area contributed by atoms with Gasteiger partial charge in [0.05, 0.1) is 6.20 Å². The predicted octanol–water partition coefficient (Wildman–Crippen LogP) is 3.77. The average molecular weight is 409 g/mol. The fourth-order valence-electron chi connectivity index (χ4n) is 3.24. The highest BCUT2D eigenvalue weighted by Crippen LogP contribution is 2.33. The molecule has 6 nitrogen and oxygen atoms in total. The molecule has 1 fully saturated rings. The van der Waals surface area contributed by atoms with Crippen molar-refractivity contribution >= 4 is 40.8 Å². The summed E-state index contributed by atoms with van der Waals surface area (Å²) in [5.74, 6) is 0.381. The first-order chi connectivity index (χ1) is 12.8. The van der Waals surface area contributed by atoms with Gasteiger partial charge in [0.1, 0.15) is 11.4 Å². The number of nitrogens with zero attached hydrogens (tertiary/aromatic N) is 3. The number of rotatable bonds is 6. The molecule has 1 aliphatic heterocycles. The zero-order chi connectivity index (χ0) is 19.6. The van der Waals surface area contributed by atoms with E-state index in [1.807, 2.05) is 13.0 Å². The number of halogens is 2. The Kier molecular flexibility index (Phi) is 5.77. The number of hydrogen-bond acceptors (Lipinski definition) is 3. The van der Waals surface area contributed by atoms with Gasteiger partial charge in [0.15, 0.2) is 0 Å². The number of hydrogen-bond donors (Lipinski definition) is 1. The lowest BCUT2D eigenvalue weighted by Gasteiger charge is -2.49. The summed E-state index contributed by atoms with van der Waals surface area (Å²) in [7, 11) is 0. The molecule has 27 heavy (non-hydrogen) atoms. The van der Waals surface area contributed by atoms with Crippen LogP contribution in [0.1, 0.15) is 32.3 Å². The lowest BCUT2D eigenvalue weighted by molar-refractivity contribution is -0.154. The average Bonchev–Trinajstić information content (AvgIpc) is 3.06. The third-order valence-corrected chi connectivity index (χ3v) is 5.68. The van der Waals surface area contributed by atoms with E-state index in [0.29, 0.717) is 41.8 Å². The molecule has 1 atom stereocenters. The van der Waals surface area contributed by atoms with Crippen molar-refractivity contribution in [1.29, 1.82) is 0 Å². The molecule has 0 aliphatic carbocycles. The summed E-state index contributed by atoms with van der Waals surface area (Å²) in [6.07, 6.45) is 3.07. The van der Waals surface area contributed by atoms with Gasteiger partial charge >= 0.3 is 0 Å². The molecule has 1 aliphatic rings. The van der Waals surface area contributed by atoms with Gasteiger partial charge in [-0.1, -0.05) is 29.3 Å². The van der Waals surface area contributed by atoms with E-state index in [2.05, 4.69) is 10.4 Å². The molecule has 1 unspecified atom stereocenters. The molecule has 1 N–H and O–H groups in total.